The minimum absolute atomic E-state index is 0.0833. The van der Waals surface area contributed by atoms with Gasteiger partial charge in [0.25, 0.3) is 0 Å². The third-order valence-electron chi connectivity index (χ3n) is 5.04. The summed E-state index contributed by atoms with van der Waals surface area (Å²) >= 11 is 0. The molecule has 0 saturated carbocycles. The van der Waals surface area contributed by atoms with Gasteiger partial charge in [-0.15, -0.1) is 10.2 Å². The zero-order valence-corrected chi connectivity index (χ0v) is 14.5. The smallest absolute Gasteiger partial charge is 0.241 e. The summed E-state index contributed by atoms with van der Waals surface area (Å²) in [5.74, 6) is 1.04. The fourth-order valence-electron chi connectivity index (χ4n) is 3.73. The Labute approximate surface area is 147 Å². The van der Waals surface area contributed by atoms with Crippen LogP contribution in [0.3, 0.4) is 0 Å². The molecule has 0 bridgehead atoms. The molecular formula is C19H23N3O3. The van der Waals surface area contributed by atoms with E-state index in [0.717, 1.165) is 18.4 Å². The van der Waals surface area contributed by atoms with E-state index in [-0.39, 0.29) is 11.9 Å². The minimum Gasteiger partial charge on any atom is -0.423 e. The Morgan fingerprint density at radius 2 is 2.08 bits per heavy atom. The van der Waals surface area contributed by atoms with E-state index in [9.17, 15) is 4.79 Å². The van der Waals surface area contributed by atoms with Gasteiger partial charge in [0.15, 0.2) is 0 Å². The number of morpholine rings is 1. The van der Waals surface area contributed by atoms with Crippen LogP contribution in [0, 0.1) is 6.92 Å². The molecule has 1 amide bonds. The Bertz CT molecular complexity index is 771. The second-order valence-corrected chi connectivity index (χ2v) is 6.82. The number of carbonyl (C=O) groups excluding carboxylic acids is 1. The first-order valence-electron chi connectivity index (χ1n) is 8.98. The standard InChI is InChI=1S/C19H23N3O3/c1-13-20-21-19(25-13)17-12-24-9-8-22(17)18(23)11-14-6-7-15-4-2-3-5-16(15)10-14/h6-7,10,17H,2-5,8-9,11-12H2,1H3. The van der Waals surface area contributed by atoms with Crippen molar-refractivity contribution in [2.45, 2.75) is 45.1 Å². The maximum absolute atomic E-state index is 12.9. The molecule has 6 nitrogen and oxygen atoms in total. The maximum Gasteiger partial charge on any atom is 0.241 e. The van der Waals surface area contributed by atoms with E-state index in [1.54, 1.807) is 6.92 Å². The van der Waals surface area contributed by atoms with E-state index >= 15 is 0 Å². The Morgan fingerprint density at radius 3 is 2.88 bits per heavy atom. The lowest BCUT2D eigenvalue weighted by atomic mass is 9.90. The van der Waals surface area contributed by atoms with E-state index in [1.807, 2.05) is 4.90 Å². The highest BCUT2D eigenvalue weighted by atomic mass is 16.5. The summed E-state index contributed by atoms with van der Waals surface area (Å²) in [5, 5.41) is 7.95. The lowest BCUT2D eigenvalue weighted by Gasteiger charge is -2.33. The number of hydrogen-bond acceptors (Lipinski definition) is 5. The number of fused-ring (bicyclic) bond motifs is 1. The van der Waals surface area contributed by atoms with Crippen LogP contribution in [-0.4, -0.2) is 40.8 Å². The number of amides is 1. The highest BCUT2D eigenvalue weighted by Crippen LogP contribution is 2.26. The van der Waals surface area contributed by atoms with Gasteiger partial charge in [0, 0.05) is 13.5 Å². The van der Waals surface area contributed by atoms with Crippen LogP contribution in [0.5, 0.6) is 0 Å². The van der Waals surface area contributed by atoms with Gasteiger partial charge in [-0.3, -0.25) is 4.79 Å². The summed E-state index contributed by atoms with van der Waals surface area (Å²) in [5.41, 5.74) is 3.92. The van der Waals surface area contributed by atoms with E-state index in [1.165, 1.54) is 24.0 Å². The number of rotatable bonds is 3. The first kappa shape index (κ1) is 16.3. The monoisotopic (exact) mass is 341 g/mol. The van der Waals surface area contributed by atoms with Crippen LogP contribution in [0.25, 0.3) is 0 Å². The molecule has 2 aliphatic rings. The Kier molecular flexibility index (Phi) is 4.53. The molecule has 0 radical (unpaired) electrons. The lowest BCUT2D eigenvalue weighted by Crippen LogP contribution is -2.44. The number of nitrogens with zero attached hydrogens (tertiary/aromatic N) is 3. The van der Waals surface area contributed by atoms with Crippen molar-refractivity contribution in [2.24, 2.45) is 0 Å². The molecule has 1 aliphatic heterocycles. The SMILES string of the molecule is Cc1nnc(C2COCCN2C(=O)Cc2ccc3c(c2)CCCC3)o1. The van der Waals surface area contributed by atoms with Gasteiger partial charge >= 0.3 is 0 Å². The molecule has 1 aliphatic carbocycles. The summed E-state index contributed by atoms with van der Waals surface area (Å²) in [7, 11) is 0. The highest BCUT2D eigenvalue weighted by molar-refractivity contribution is 5.79. The number of aryl methyl sites for hydroxylation is 3. The first-order valence-corrected chi connectivity index (χ1v) is 8.98. The van der Waals surface area contributed by atoms with Crippen LogP contribution in [-0.2, 0) is 28.8 Å². The molecule has 6 heteroatoms. The molecule has 1 aromatic heterocycles. The molecular weight excluding hydrogens is 318 g/mol. The number of ether oxygens (including phenoxy) is 1. The van der Waals surface area contributed by atoms with Gasteiger partial charge in [0.1, 0.15) is 6.04 Å². The molecule has 0 N–H and O–H groups in total. The fourth-order valence-corrected chi connectivity index (χ4v) is 3.73. The molecule has 0 spiro atoms. The zero-order chi connectivity index (χ0) is 17.2. The average Bonchev–Trinajstić information content (AvgIpc) is 3.08. The molecule has 1 unspecified atom stereocenters. The summed E-state index contributed by atoms with van der Waals surface area (Å²) in [6.45, 7) is 3.24. The Morgan fingerprint density at radius 1 is 1.24 bits per heavy atom. The summed E-state index contributed by atoms with van der Waals surface area (Å²) in [6, 6.07) is 6.20. The lowest BCUT2D eigenvalue weighted by molar-refractivity contribution is -0.140. The van der Waals surface area contributed by atoms with E-state index in [2.05, 4.69) is 28.4 Å². The van der Waals surface area contributed by atoms with Crippen LogP contribution < -0.4 is 0 Å². The quantitative estimate of drug-likeness (QED) is 0.857. The van der Waals surface area contributed by atoms with Crippen molar-refractivity contribution in [1.29, 1.82) is 0 Å². The molecule has 1 aromatic carbocycles. The largest absolute Gasteiger partial charge is 0.423 e. The zero-order valence-electron chi connectivity index (χ0n) is 14.5. The predicted molar refractivity (Wildman–Crippen MR) is 91.1 cm³/mol. The molecule has 1 fully saturated rings. The van der Waals surface area contributed by atoms with Gasteiger partial charge in [-0.1, -0.05) is 18.2 Å². The minimum atomic E-state index is -0.292. The molecule has 1 atom stereocenters. The van der Waals surface area contributed by atoms with Gasteiger partial charge in [-0.25, -0.2) is 0 Å². The van der Waals surface area contributed by atoms with Crippen LogP contribution in [0.1, 0.15) is 47.4 Å². The maximum atomic E-state index is 12.9. The second kappa shape index (κ2) is 6.96. The van der Waals surface area contributed by atoms with Crippen LogP contribution in [0.2, 0.25) is 0 Å². The van der Waals surface area contributed by atoms with Crippen molar-refractivity contribution in [2.75, 3.05) is 19.8 Å². The molecule has 4 rings (SSSR count). The topological polar surface area (TPSA) is 68.5 Å². The highest BCUT2D eigenvalue weighted by Gasteiger charge is 2.32. The Balaban J connectivity index is 1.51. The van der Waals surface area contributed by atoms with Gasteiger partial charge in [-0.05, 0) is 42.4 Å². The summed E-state index contributed by atoms with van der Waals surface area (Å²) < 4.78 is 11.1. The van der Waals surface area contributed by atoms with Crippen molar-refractivity contribution in [1.82, 2.24) is 15.1 Å². The van der Waals surface area contributed by atoms with Crippen molar-refractivity contribution < 1.29 is 13.9 Å². The molecule has 2 heterocycles. The molecule has 1 saturated heterocycles. The number of hydrogen-bond donors (Lipinski definition) is 0. The average molecular weight is 341 g/mol. The number of carbonyl (C=O) groups is 1. The number of benzene rings is 1. The normalized spacial score (nSPS) is 20.4. The second-order valence-electron chi connectivity index (χ2n) is 6.82. The van der Waals surface area contributed by atoms with Crippen LogP contribution >= 0.6 is 0 Å². The molecule has 132 valence electrons. The van der Waals surface area contributed by atoms with Gasteiger partial charge in [0.05, 0.1) is 19.6 Å². The van der Waals surface area contributed by atoms with Crippen LogP contribution in [0.4, 0.5) is 0 Å². The van der Waals surface area contributed by atoms with Crippen LogP contribution in [0.15, 0.2) is 22.6 Å². The number of aromatic nitrogens is 2. The summed E-state index contributed by atoms with van der Waals surface area (Å²) in [4.78, 5) is 14.7. The van der Waals surface area contributed by atoms with Crippen molar-refractivity contribution >= 4 is 5.91 Å². The Hall–Kier alpha value is -2.21. The van der Waals surface area contributed by atoms with Gasteiger partial charge < -0.3 is 14.1 Å². The van der Waals surface area contributed by atoms with E-state index in [4.69, 9.17) is 9.15 Å². The summed E-state index contributed by atoms with van der Waals surface area (Å²) in [6.07, 6.45) is 5.19. The molecule has 25 heavy (non-hydrogen) atoms. The third kappa shape index (κ3) is 3.44. The van der Waals surface area contributed by atoms with Gasteiger partial charge in [-0.2, -0.15) is 0 Å². The van der Waals surface area contributed by atoms with Crippen molar-refractivity contribution in [3.05, 3.63) is 46.7 Å². The fraction of sp³-hybridized carbons (Fsp3) is 0.526. The molecule has 2 aromatic rings. The van der Waals surface area contributed by atoms with E-state index < -0.39 is 0 Å². The van der Waals surface area contributed by atoms with Gasteiger partial charge in [0.2, 0.25) is 17.7 Å². The predicted octanol–water partition coefficient (Wildman–Crippen LogP) is 2.40. The van der Waals surface area contributed by atoms with Crippen molar-refractivity contribution in [3.63, 3.8) is 0 Å². The first-order chi connectivity index (χ1) is 12.2. The van der Waals surface area contributed by atoms with Crippen molar-refractivity contribution in [3.8, 4) is 0 Å². The van der Waals surface area contributed by atoms with E-state index in [0.29, 0.717) is 38.0 Å². The third-order valence-corrected chi connectivity index (χ3v) is 5.04.